The van der Waals surface area contributed by atoms with Gasteiger partial charge in [-0.1, -0.05) is 74.2 Å². The maximum Gasteiger partial charge on any atom is 2.00 e. The van der Waals surface area contributed by atoms with E-state index in [4.69, 9.17) is 4.98 Å². The minimum atomic E-state index is -0.839. The Morgan fingerprint density at radius 1 is 0.762 bits per heavy atom. The van der Waals surface area contributed by atoms with Gasteiger partial charge < -0.3 is 6.42 Å². The van der Waals surface area contributed by atoms with Gasteiger partial charge in [-0.25, -0.2) is 0 Å². The minimum Gasteiger partial charge on any atom is -0.328 e. The zero-order valence-electron chi connectivity index (χ0n) is 26.7. The molecule has 4 heteroatoms. The van der Waals surface area contributed by atoms with Crippen LogP contribution in [0.2, 0.25) is 13.3 Å². The molecular formula is C38H55FeNOSn+2. The Morgan fingerprint density at radius 2 is 1.36 bits per heavy atom. The molecule has 0 N–H and O–H groups in total. The van der Waals surface area contributed by atoms with Crippen LogP contribution < -0.4 is 0 Å². The fraction of sp³-hybridized carbons (Fsp3) is 0.553. The number of ketones is 1. The number of hydrogen-bond donors (Lipinski definition) is 0. The van der Waals surface area contributed by atoms with Gasteiger partial charge in [-0.15, -0.1) is 0 Å². The van der Waals surface area contributed by atoms with Crippen molar-refractivity contribution in [2.75, 3.05) is 0 Å². The van der Waals surface area contributed by atoms with Gasteiger partial charge >= 0.3 is 109 Å². The third-order valence-electron chi connectivity index (χ3n) is 8.53. The standard InChI is InChI=1S/C21H19NO.C5H9.3C4H9.Fe.Sn/c23-21(16-9-2-1-3-10-16)18-11-6-12-20-17(18)13-14-19(22-20)15-7-4-5-8-15;1-2-4-5-3-1;3*1-3-4-2;;/h1-3,6,9-15H,4-5,7-8H2;1H,2-5H2;3*1,3-4H2,2H3;;/q;-1;;;;+2;+1. The van der Waals surface area contributed by atoms with Crippen molar-refractivity contribution < 1.29 is 21.9 Å². The summed E-state index contributed by atoms with van der Waals surface area (Å²) in [6.45, 7) is 7.00. The summed E-state index contributed by atoms with van der Waals surface area (Å²) in [5, 5.41) is 0.947. The molecule has 2 fully saturated rings. The zero-order valence-corrected chi connectivity index (χ0v) is 30.6. The molecule has 0 radical (unpaired) electrons. The van der Waals surface area contributed by atoms with Gasteiger partial charge in [0.05, 0.1) is 5.52 Å². The molecule has 0 saturated heterocycles. The molecule has 228 valence electrons. The molecule has 0 atom stereocenters. The molecule has 2 nitrogen and oxygen atoms in total. The van der Waals surface area contributed by atoms with Crippen LogP contribution in [0.5, 0.6) is 0 Å². The molecule has 1 aromatic heterocycles. The molecule has 2 aliphatic rings. The molecular weight excluding hydrogens is 661 g/mol. The molecule has 42 heavy (non-hydrogen) atoms. The Hall–Kier alpha value is -1.16. The van der Waals surface area contributed by atoms with Crippen molar-refractivity contribution in [1.29, 1.82) is 0 Å². The third-order valence-corrected chi connectivity index (χ3v) is 17.6. The van der Waals surface area contributed by atoms with Crippen LogP contribution in [0.4, 0.5) is 0 Å². The van der Waals surface area contributed by atoms with Gasteiger partial charge in [0.2, 0.25) is 0 Å². The molecule has 0 bridgehead atoms. The van der Waals surface area contributed by atoms with Crippen molar-refractivity contribution in [3.05, 3.63) is 83.9 Å². The average molecular weight is 716 g/mol. The third kappa shape index (κ3) is 12.8. The summed E-state index contributed by atoms with van der Waals surface area (Å²) in [5.74, 6) is 0.652. The van der Waals surface area contributed by atoms with E-state index < -0.39 is 19.8 Å². The van der Waals surface area contributed by atoms with Crippen molar-refractivity contribution in [2.45, 2.75) is 130 Å². The van der Waals surface area contributed by atoms with Crippen LogP contribution in [-0.4, -0.2) is 30.5 Å². The normalized spacial score (nSPS) is 14.4. The van der Waals surface area contributed by atoms with E-state index in [9.17, 15) is 4.79 Å². The predicted molar refractivity (Wildman–Crippen MR) is 180 cm³/mol. The largest absolute Gasteiger partial charge is 2.00 e. The smallest absolute Gasteiger partial charge is 0.328 e. The number of fused-ring (bicyclic) bond motifs is 1. The van der Waals surface area contributed by atoms with E-state index in [2.05, 4.69) is 39.3 Å². The van der Waals surface area contributed by atoms with Crippen molar-refractivity contribution in [3.8, 4) is 0 Å². The van der Waals surface area contributed by atoms with E-state index in [-0.39, 0.29) is 22.9 Å². The molecule has 5 rings (SSSR count). The van der Waals surface area contributed by atoms with Gasteiger partial charge in [-0.3, -0.25) is 9.78 Å². The van der Waals surface area contributed by atoms with Crippen LogP contribution in [0.25, 0.3) is 10.9 Å². The number of unbranched alkanes of at least 4 members (excludes halogenated alkanes) is 3. The summed E-state index contributed by atoms with van der Waals surface area (Å²) < 4.78 is 5.04. The first kappa shape index (κ1) is 37.0. The van der Waals surface area contributed by atoms with Crippen molar-refractivity contribution in [2.24, 2.45) is 0 Å². The Kier molecular flexibility index (Phi) is 19.7. The SMILES string of the molecule is CCC[CH2][Sn+]([CH2]CCC)[CH2]CCC.O=C(c1ccccc1)c1cccc2nc(C3CCCC3)ccc12.[CH-]1CCCC1.[Fe+2]. The summed E-state index contributed by atoms with van der Waals surface area (Å²) in [5.41, 5.74) is 3.56. The number of nitrogens with zero attached hydrogens (tertiary/aromatic N) is 1. The van der Waals surface area contributed by atoms with Crippen LogP contribution >= 0.6 is 0 Å². The number of rotatable bonds is 12. The van der Waals surface area contributed by atoms with Crippen LogP contribution in [0.1, 0.15) is 138 Å². The Bertz CT molecular complexity index is 1100. The average Bonchev–Trinajstić information content (AvgIpc) is 3.79. The number of benzene rings is 2. The number of carbonyl (C=O) groups excluding carboxylic acids is 1. The number of aromatic nitrogens is 1. The fourth-order valence-corrected chi connectivity index (χ4v) is 15.4. The van der Waals surface area contributed by atoms with Crippen LogP contribution in [-0.2, 0) is 17.1 Å². The molecule has 2 aliphatic carbocycles. The van der Waals surface area contributed by atoms with E-state index >= 15 is 0 Å². The van der Waals surface area contributed by atoms with Crippen molar-refractivity contribution in [3.63, 3.8) is 0 Å². The summed E-state index contributed by atoms with van der Waals surface area (Å²) in [7, 11) is 0. The number of hydrogen-bond acceptors (Lipinski definition) is 2. The van der Waals surface area contributed by atoms with Gasteiger partial charge in [0.1, 0.15) is 0 Å². The van der Waals surface area contributed by atoms with E-state index in [1.807, 2.05) is 48.5 Å². The first-order valence-corrected chi connectivity index (χ1v) is 22.9. The minimum absolute atomic E-state index is 0. The van der Waals surface area contributed by atoms with Gasteiger partial charge in [0, 0.05) is 28.1 Å². The van der Waals surface area contributed by atoms with E-state index in [0.29, 0.717) is 5.92 Å². The predicted octanol–water partition coefficient (Wildman–Crippen LogP) is 11.8. The molecule has 0 unspecified atom stereocenters. The van der Waals surface area contributed by atoms with Crippen LogP contribution in [0.3, 0.4) is 0 Å². The topological polar surface area (TPSA) is 30.0 Å². The maximum atomic E-state index is 12.8. The fourth-order valence-electron chi connectivity index (χ4n) is 5.94. The first-order valence-electron chi connectivity index (χ1n) is 16.8. The molecule has 0 spiro atoms. The zero-order chi connectivity index (χ0) is 29.1. The Morgan fingerprint density at radius 3 is 1.88 bits per heavy atom. The van der Waals surface area contributed by atoms with E-state index in [1.54, 1.807) is 13.3 Å². The summed E-state index contributed by atoms with van der Waals surface area (Å²) in [6, 6.07) is 19.5. The second-order valence-electron chi connectivity index (χ2n) is 11.9. The maximum absolute atomic E-state index is 12.8. The molecule has 3 aromatic rings. The van der Waals surface area contributed by atoms with Crippen molar-refractivity contribution >= 4 is 36.4 Å². The summed E-state index contributed by atoms with van der Waals surface area (Å²) in [6.07, 6.45) is 21.9. The first-order chi connectivity index (χ1) is 20.2. The molecule has 1 heterocycles. The number of pyridine rings is 1. The second-order valence-corrected chi connectivity index (χ2v) is 20.5. The summed E-state index contributed by atoms with van der Waals surface area (Å²) >= 11 is -0.839. The summed E-state index contributed by atoms with van der Waals surface area (Å²) in [4.78, 5) is 17.6. The number of carbonyl (C=O) groups is 1. The van der Waals surface area contributed by atoms with Crippen LogP contribution in [0, 0.1) is 6.42 Å². The quantitative estimate of drug-likeness (QED) is 0.106. The van der Waals surface area contributed by atoms with E-state index in [0.717, 1.165) is 22.0 Å². The Balaban J connectivity index is 0.000000275. The molecule has 2 aromatic carbocycles. The van der Waals surface area contributed by atoms with Crippen molar-refractivity contribution in [1.82, 2.24) is 4.98 Å². The van der Waals surface area contributed by atoms with Gasteiger partial charge in [-0.2, -0.15) is 12.8 Å². The second kappa shape index (κ2) is 22.4. The van der Waals surface area contributed by atoms with Gasteiger partial charge in [-0.05, 0) is 25.0 Å². The molecule has 0 aliphatic heterocycles. The van der Waals surface area contributed by atoms with Gasteiger partial charge in [0.25, 0.3) is 0 Å². The van der Waals surface area contributed by atoms with E-state index in [1.165, 1.54) is 95.6 Å². The Labute approximate surface area is 275 Å². The van der Waals surface area contributed by atoms with Gasteiger partial charge in [0.15, 0.2) is 5.78 Å². The van der Waals surface area contributed by atoms with Crippen LogP contribution in [0.15, 0.2) is 60.7 Å². The monoisotopic (exact) mass is 717 g/mol. The molecule has 2 saturated carbocycles. The molecule has 0 amide bonds.